The van der Waals surface area contributed by atoms with Crippen molar-refractivity contribution in [1.29, 1.82) is 0 Å². The van der Waals surface area contributed by atoms with Crippen molar-refractivity contribution >= 4 is 21.5 Å². The first-order valence-electron chi connectivity index (χ1n) is 11.9. The van der Waals surface area contributed by atoms with E-state index in [4.69, 9.17) is 0 Å². The largest absolute Gasteiger partial charge is 0.0776 e. The van der Waals surface area contributed by atoms with Crippen LogP contribution in [0.2, 0.25) is 0 Å². The maximum absolute atomic E-state index is 2.37. The highest BCUT2D eigenvalue weighted by Gasteiger charge is 2.18. The van der Waals surface area contributed by atoms with E-state index in [1.807, 2.05) is 0 Å². The maximum Gasteiger partial charge on any atom is -0.00668 e. The van der Waals surface area contributed by atoms with Gasteiger partial charge >= 0.3 is 0 Å². The molecule has 0 aromatic heterocycles. The third-order valence-electron chi connectivity index (χ3n) is 6.90. The Morgan fingerprint density at radius 2 is 0.667 bits per heavy atom. The maximum atomic E-state index is 2.37. The second kappa shape index (κ2) is 10.2. The number of benzene rings is 6. The Kier molecular flexibility index (Phi) is 7.08. The molecule has 0 nitrogen and oxygen atoms in total. The molecule has 0 spiro atoms. The Bertz CT molecular complexity index is 1510. The predicted molar refractivity (Wildman–Crippen MR) is 161 cm³/mol. The first kappa shape index (κ1) is 24.9. The van der Waals surface area contributed by atoms with E-state index >= 15 is 0 Å². The average molecular weight is 467 g/mol. The van der Waals surface area contributed by atoms with Gasteiger partial charge in [0.25, 0.3) is 0 Å². The Hall–Kier alpha value is -4.16. The van der Waals surface area contributed by atoms with Gasteiger partial charge in [-0.3, -0.25) is 0 Å². The van der Waals surface area contributed by atoms with Crippen molar-refractivity contribution in [2.24, 2.45) is 0 Å². The number of fused-ring (bicyclic) bond motifs is 2. The fourth-order valence-electron chi connectivity index (χ4n) is 5.41. The molecule has 6 rings (SSSR count). The summed E-state index contributed by atoms with van der Waals surface area (Å²) < 4.78 is 0. The molecule has 6 aromatic carbocycles. The monoisotopic (exact) mass is 466 g/mol. The number of aryl methyl sites for hydroxylation is 2. The van der Waals surface area contributed by atoms with E-state index in [-0.39, 0.29) is 14.9 Å². The molecule has 0 heteroatoms. The second-order valence-electron chi connectivity index (χ2n) is 9.06. The molecule has 6 aromatic rings. The summed E-state index contributed by atoms with van der Waals surface area (Å²) >= 11 is 0. The molecule has 36 heavy (non-hydrogen) atoms. The fraction of sp³-hybridized carbons (Fsp3) is 0.111. The summed E-state index contributed by atoms with van der Waals surface area (Å²) in [6, 6.07) is 43.9. The third kappa shape index (κ3) is 4.10. The zero-order valence-corrected chi connectivity index (χ0v) is 19.5. The van der Waals surface area contributed by atoms with Crippen LogP contribution in [0.1, 0.15) is 26.0 Å². The lowest BCUT2D eigenvalue weighted by Gasteiger charge is -2.20. The molecule has 0 unspecified atom stereocenters. The topological polar surface area (TPSA) is 0 Å². The standard InChI is InChI=1S/C34H26.2CH4/c1-23-21-31(25-13-5-3-6-14-25)27-17-9-11-19-29(27)33(23)34-24(2)22-32(26-15-7-4-8-16-26)28-18-10-12-20-30(28)34;;/h3-22H,1-2H3;2*1H4. The van der Waals surface area contributed by atoms with Gasteiger partial charge in [0.05, 0.1) is 0 Å². The predicted octanol–water partition coefficient (Wildman–Crippen LogP) is 10.9. The van der Waals surface area contributed by atoms with Gasteiger partial charge < -0.3 is 0 Å². The van der Waals surface area contributed by atoms with Gasteiger partial charge in [-0.1, -0.05) is 136 Å². The Morgan fingerprint density at radius 1 is 0.361 bits per heavy atom. The van der Waals surface area contributed by atoms with Gasteiger partial charge in [0.2, 0.25) is 0 Å². The van der Waals surface area contributed by atoms with E-state index in [2.05, 4.69) is 135 Å². The van der Waals surface area contributed by atoms with Crippen LogP contribution >= 0.6 is 0 Å². The third-order valence-corrected chi connectivity index (χ3v) is 6.90. The van der Waals surface area contributed by atoms with E-state index in [9.17, 15) is 0 Å². The minimum atomic E-state index is 0. The van der Waals surface area contributed by atoms with Crippen molar-refractivity contribution in [3.05, 3.63) is 132 Å². The van der Waals surface area contributed by atoms with Crippen molar-refractivity contribution in [3.63, 3.8) is 0 Å². The smallest absolute Gasteiger partial charge is 0.00668 e. The van der Waals surface area contributed by atoms with Gasteiger partial charge in [-0.25, -0.2) is 0 Å². The van der Waals surface area contributed by atoms with Gasteiger partial charge in [-0.2, -0.15) is 0 Å². The molecule has 0 heterocycles. The summed E-state index contributed by atoms with van der Waals surface area (Å²) in [5.41, 5.74) is 10.4. The molecule has 0 radical (unpaired) electrons. The summed E-state index contributed by atoms with van der Waals surface area (Å²) in [7, 11) is 0. The van der Waals surface area contributed by atoms with Crippen molar-refractivity contribution in [1.82, 2.24) is 0 Å². The minimum Gasteiger partial charge on any atom is -0.0776 e. The molecule has 0 N–H and O–H groups in total. The lowest BCUT2D eigenvalue weighted by Crippen LogP contribution is -1.95. The first-order chi connectivity index (χ1) is 16.7. The zero-order chi connectivity index (χ0) is 23.1. The second-order valence-corrected chi connectivity index (χ2v) is 9.06. The van der Waals surface area contributed by atoms with E-state index in [0.717, 1.165) is 0 Å². The molecule has 0 atom stereocenters. The van der Waals surface area contributed by atoms with Crippen LogP contribution in [-0.2, 0) is 0 Å². The first-order valence-corrected chi connectivity index (χ1v) is 11.9. The fourth-order valence-corrected chi connectivity index (χ4v) is 5.41. The number of hydrogen-bond donors (Lipinski definition) is 0. The van der Waals surface area contributed by atoms with E-state index < -0.39 is 0 Å². The molecule has 0 bridgehead atoms. The quantitative estimate of drug-likeness (QED) is 0.243. The van der Waals surface area contributed by atoms with Gasteiger partial charge in [0, 0.05) is 0 Å². The van der Waals surface area contributed by atoms with Gasteiger partial charge in [0.1, 0.15) is 0 Å². The van der Waals surface area contributed by atoms with Crippen LogP contribution in [-0.4, -0.2) is 0 Å². The van der Waals surface area contributed by atoms with E-state index in [1.165, 1.54) is 66.1 Å². The molecule has 0 saturated heterocycles. The van der Waals surface area contributed by atoms with Crippen molar-refractivity contribution in [3.8, 4) is 33.4 Å². The lowest BCUT2D eigenvalue weighted by molar-refractivity contribution is 1.44. The molecular formula is C36H34. The average Bonchev–Trinajstić information content (AvgIpc) is 2.90. The highest BCUT2D eigenvalue weighted by molar-refractivity contribution is 6.14. The molecule has 0 aliphatic rings. The highest BCUT2D eigenvalue weighted by Crippen LogP contribution is 2.44. The summed E-state index contributed by atoms with van der Waals surface area (Å²) in [5.74, 6) is 0. The summed E-state index contributed by atoms with van der Waals surface area (Å²) in [6.45, 7) is 4.51. The normalized spacial score (nSPS) is 10.6. The Morgan fingerprint density at radius 3 is 1.03 bits per heavy atom. The summed E-state index contributed by atoms with van der Waals surface area (Å²) in [5, 5.41) is 5.21. The zero-order valence-electron chi connectivity index (χ0n) is 19.5. The summed E-state index contributed by atoms with van der Waals surface area (Å²) in [6.07, 6.45) is 0. The lowest BCUT2D eigenvalue weighted by atomic mass is 9.83. The molecular weight excluding hydrogens is 432 g/mol. The van der Waals surface area contributed by atoms with Gasteiger partial charge in [0.15, 0.2) is 0 Å². The highest BCUT2D eigenvalue weighted by atomic mass is 14.2. The van der Waals surface area contributed by atoms with Crippen molar-refractivity contribution in [2.75, 3.05) is 0 Å². The van der Waals surface area contributed by atoms with Crippen LogP contribution in [0, 0.1) is 13.8 Å². The molecule has 178 valence electrons. The SMILES string of the molecule is C.C.Cc1cc(-c2ccccc2)c2ccccc2c1-c1c(C)cc(-c2ccccc2)c2ccccc12. The molecule has 0 saturated carbocycles. The molecule has 0 aliphatic heterocycles. The van der Waals surface area contributed by atoms with Crippen LogP contribution in [0.15, 0.2) is 121 Å². The van der Waals surface area contributed by atoms with E-state index in [1.54, 1.807) is 0 Å². The van der Waals surface area contributed by atoms with Crippen LogP contribution in [0.3, 0.4) is 0 Å². The van der Waals surface area contributed by atoms with Crippen LogP contribution in [0.4, 0.5) is 0 Å². The van der Waals surface area contributed by atoms with Crippen LogP contribution in [0.5, 0.6) is 0 Å². The van der Waals surface area contributed by atoms with E-state index in [0.29, 0.717) is 0 Å². The number of rotatable bonds is 3. The molecule has 0 amide bonds. The van der Waals surface area contributed by atoms with Crippen molar-refractivity contribution < 1.29 is 0 Å². The van der Waals surface area contributed by atoms with Crippen LogP contribution in [0.25, 0.3) is 54.9 Å². The van der Waals surface area contributed by atoms with Gasteiger partial charge in [-0.15, -0.1) is 0 Å². The molecule has 0 fully saturated rings. The van der Waals surface area contributed by atoms with Gasteiger partial charge in [-0.05, 0) is 79.9 Å². The molecule has 0 aliphatic carbocycles. The Labute approximate surface area is 215 Å². The van der Waals surface area contributed by atoms with Crippen LogP contribution < -0.4 is 0 Å². The summed E-state index contributed by atoms with van der Waals surface area (Å²) in [4.78, 5) is 0. The Balaban J connectivity index is 0.00000152. The minimum absolute atomic E-state index is 0. The number of hydrogen-bond acceptors (Lipinski definition) is 0. The van der Waals surface area contributed by atoms with Crippen molar-refractivity contribution in [2.45, 2.75) is 28.7 Å².